The first kappa shape index (κ1) is 24.3. The third kappa shape index (κ3) is 5.02. The van der Waals surface area contributed by atoms with Gasteiger partial charge in [-0.15, -0.1) is 0 Å². The molecule has 0 saturated carbocycles. The molecule has 0 aromatic heterocycles. The minimum Gasteiger partial charge on any atom is -0.490 e. The van der Waals surface area contributed by atoms with Crippen LogP contribution in [0.15, 0.2) is 35.9 Å². The molecule has 1 aliphatic heterocycles. The second-order valence-electron chi connectivity index (χ2n) is 6.86. The van der Waals surface area contributed by atoms with Crippen molar-refractivity contribution in [1.82, 2.24) is 9.80 Å². The molecule has 1 saturated heterocycles. The molecule has 168 valence electrons. The molecule has 0 spiro atoms. The molecule has 32 heavy (non-hydrogen) atoms. The van der Waals surface area contributed by atoms with Gasteiger partial charge in [0.05, 0.1) is 11.6 Å². The standard InChI is InChI=1S/C22H19Cl3N2O4S/c1-4-30-18-9-12(7-15-20(28)26(2)22(32)27(3)21(15)29)8-17(25)19(18)31-11-13-5-6-14(23)10-16(13)24/h5-10H,4,11H2,1-3H3. The van der Waals surface area contributed by atoms with Crippen molar-refractivity contribution >= 4 is 70.0 Å². The Bertz CT molecular complexity index is 1110. The van der Waals surface area contributed by atoms with Gasteiger partial charge in [-0.2, -0.15) is 0 Å². The number of likely N-dealkylation sites (N-methyl/N-ethyl adjacent to an activating group) is 2. The van der Waals surface area contributed by atoms with Crippen molar-refractivity contribution in [3.8, 4) is 11.5 Å². The molecular formula is C22H19Cl3N2O4S. The van der Waals surface area contributed by atoms with Crippen LogP contribution in [0, 0.1) is 0 Å². The summed E-state index contributed by atoms with van der Waals surface area (Å²) in [4.78, 5) is 27.6. The van der Waals surface area contributed by atoms with Gasteiger partial charge in [-0.05, 0) is 55.0 Å². The van der Waals surface area contributed by atoms with E-state index in [9.17, 15) is 9.59 Å². The molecule has 0 atom stereocenters. The maximum Gasteiger partial charge on any atom is 0.265 e. The lowest BCUT2D eigenvalue weighted by Gasteiger charge is -2.31. The summed E-state index contributed by atoms with van der Waals surface area (Å²) in [5.74, 6) is -0.307. The van der Waals surface area contributed by atoms with E-state index in [-0.39, 0.29) is 22.3 Å². The van der Waals surface area contributed by atoms with Gasteiger partial charge in [0.2, 0.25) is 0 Å². The van der Waals surface area contributed by atoms with E-state index < -0.39 is 11.8 Å². The Hall–Kier alpha value is -2.32. The SMILES string of the molecule is CCOc1cc(C=C2C(=O)N(C)C(=S)N(C)C2=O)cc(Cl)c1OCc1ccc(Cl)cc1Cl. The Kier molecular flexibility index (Phi) is 7.67. The zero-order valence-corrected chi connectivity index (χ0v) is 20.5. The van der Waals surface area contributed by atoms with Crippen molar-refractivity contribution in [2.45, 2.75) is 13.5 Å². The quantitative estimate of drug-likeness (QED) is 0.301. The van der Waals surface area contributed by atoms with Crippen molar-refractivity contribution < 1.29 is 19.1 Å². The van der Waals surface area contributed by atoms with E-state index in [2.05, 4.69) is 0 Å². The van der Waals surface area contributed by atoms with Gasteiger partial charge in [-0.25, -0.2) is 0 Å². The van der Waals surface area contributed by atoms with E-state index in [0.717, 1.165) is 5.56 Å². The second kappa shape index (κ2) is 10.1. The first-order valence-electron chi connectivity index (χ1n) is 9.48. The van der Waals surface area contributed by atoms with Gasteiger partial charge in [0.25, 0.3) is 11.8 Å². The summed E-state index contributed by atoms with van der Waals surface area (Å²) in [7, 11) is 3.03. The van der Waals surface area contributed by atoms with Gasteiger partial charge in [-0.1, -0.05) is 40.9 Å². The highest BCUT2D eigenvalue weighted by Crippen LogP contribution is 2.38. The highest BCUT2D eigenvalue weighted by Gasteiger charge is 2.35. The molecule has 0 N–H and O–H groups in total. The monoisotopic (exact) mass is 512 g/mol. The molecule has 0 radical (unpaired) electrons. The number of halogens is 3. The molecule has 6 nitrogen and oxygen atoms in total. The van der Waals surface area contributed by atoms with Gasteiger partial charge in [0, 0.05) is 29.7 Å². The Morgan fingerprint density at radius 2 is 1.62 bits per heavy atom. The number of thiocarbonyl (C=S) groups is 1. The number of ether oxygens (including phenoxy) is 2. The van der Waals surface area contributed by atoms with Crippen LogP contribution in [0.5, 0.6) is 11.5 Å². The van der Waals surface area contributed by atoms with Crippen LogP contribution in [-0.4, -0.2) is 47.4 Å². The number of benzene rings is 2. The van der Waals surface area contributed by atoms with Gasteiger partial charge in [0.1, 0.15) is 12.2 Å². The lowest BCUT2D eigenvalue weighted by molar-refractivity contribution is -0.132. The van der Waals surface area contributed by atoms with Crippen LogP contribution in [0.25, 0.3) is 6.08 Å². The fraction of sp³-hybridized carbons (Fsp3) is 0.227. The second-order valence-corrected chi connectivity index (χ2v) is 8.47. The number of hydrogen-bond donors (Lipinski definition) is 0. The van der Waals surface area contributed by atoms with Gasteiger partial charge >= 0.3 is 0 Å². The van der Waals surface area contributed by atoms with Crippen molar-refractivity contribution in [2.24, 2.45) is 0 Å². The highest BCUT2D eigenvalue weighted by molar-refractivity contribution is 7.80. The summed E-state index contributed by atoms with van der Waals surface area (Å²) in [5, 5.41) is 1.37. The molecule has 2 aromatic carbocycles. The third-order valence-electron chi connectivity index (χ3n) is 4.67. The molecule has 0 unspecified atom stereocenters. The van der Waals surface area contributed by atoms with E-state index in [1.165, 1.54) is 30.0 Å². The Morgan fingerprint density at radius 1 is 0.969 bits per heavy atom. The molecular weight excluding hydrogens is 495 g/mol. The zero-order chi connectivity index (χ0) is 23.6. The molecule has 2 amide bonds. The molecule has 2 aromatic rings. The van der Waals surface area contributed by atoms with E-state index in [4.69, 9.17) is 56.5 Å². The van der Waals surface area contributed by atoms with E-state index in [1.807, 2.05) is 6.92 Å². The fourth-order valence-electron chi connectivity index (χ4n) is 3.00. The predicted molar refractivity (Wildman–Crippen MR) is 130 cm³/mol. The number of rotatable bonds is 6. The first-order valence-corrected chi connectivity index (χ1v) is 11.0. The summed E-state index contributed by atoms with van der Waals surface area (Å²) < 4.78 is 11.6. The molecule has 0 bridgehead atoms. The Balaban J connectivity index is 1.94. The van der Waals surface area contributed by atoms with Crippen molar-refractivity contribution in [2.75, 3.05) is 20.7 Å². The average molecular weight is 514 g/mol. The average Bonchev–Trinajstić information content (AvgIpc) is 2.75. The van der Waals surface area contributed by atoms with Crippen molar-refractivity contribution in [3.63, 3.8) is 0 Å². The zero-order valence-electron chi connectivity index (χ0n) is 17.4. The van der Waals surface area contributed by atoms with Crippen LogP contribution in [0.2, 0.25) is 15.1 Å². The summed E-state index contributed by atoms with van der Waals surface area (Å²) in [5.41, 5.74) is 1.19. The topological polar surface area (TPSA) is 59.1 Å². The Morgan fingerprint density at radius 3 is 2.22 bits per heavy atom. The Labute approximate surface area is 206 Å². The van der Waals surface area contributed by atoms with E-state index in [1.54, 1.807) is 30.3 Å². The van der Waals surface area contributed by atoms with Gasteiger partial charge in [-0.3, -0.25) is 19.4 Å². The molecule has 0 aliphatic carbocycles. The van der Waals surface area contributed by atoms with Gasteiger partial charge < -0.3 is 9.47 Å². The van der Waals surface area contributed by atoms with E-state index >= 15 is 0 Å². The fourth-order valence-corrected chi connectivity index (χ4v) is 3.91. The third-order valence-corrected chi connectivity index (χ3v) is 6.09. The molecule has 10 heteroatoms. The van der Waals surface area contributed by atoms with Crippen LogP contribution < -0.4 is 9.47 Å². The minimum absolute atomic E-state index is 0.0382. The van der Waals surface area contributed by atoms with Crippen LogP contribution >= 0.6 is 47.0 Å². The first-order chi connectivity index (χ1) is 15.1. The normalized spacial score (nSPS) is 14.2. The summed E-state index contributed by atoms with van der Waals surface area (Å²) in [6, 6.07) is 8.33. The molecule has 1 aliphatic rings. The van der Waals surface area contributed by atoms with Crippen LogP contribution in [-0.2, 0) is 16.2 Å². The lowest BCUT2D eigenvalue weighted by Crippen LogP contribution is -2.52. The summed E-state index contributed by atoms with van der Waals surface area (Å²) >= 11 is 23.7. The summed E-state index contributed by atoms with van der Waals surface area (Å²) in [6.07, 6.45) is 1.45. The number of carbonyl (C=O) groups is 2. The smallest absolute Gasteiger partial charge is 0.265 e. The molecule has 1 fully saturated rings. The number of hydrogen-bond acceptors (Lipinski definition) is 5. The van der Waals surface area contributed by atoms with Crippen molar-refractivity contribution in [3.05, 3.63) is 62.1 Å². The van der Waals surface area contributed by atoms with Crippen LogP contribution in [0.4, 0.5) is 0 Å². The largest absolute Gasteiger partial charge is 0.490 e. The predicted octanol–water partition coefficient (Wildman–Crippen LogP) is 5.22. The maximum atomic E-state index is 12.6. The number of carbonyl (C=O) groups excluding carboxylic acids is 2. The van der Waals surface area contributed by atoms with Crippen molar-refractivity contribution in [1.29, 1.82) is 0 Å². The minimum atomic E-state index is -0.495. The highest BCUT2D eigenvalue weighted by atomic mass is 35.5. The summed E-state index contributed by atoms with van der Waals surface area (Å²) in [6.45, 7) is 2.31. The lowest BCUT2D eigenvalue weighted by atomic mass is 10.1. The number of amides is 2. The van der Waals surface area contributed by atoms with Crippen LogP contribution in [0.3, 0.4) is 0 Å². The molecule has 1 heterocycles. The van der Waals surface area contributed by atoms with Crippen LogP contribution in [0.1, 0.15) is 18.1 Å². The number of nitrogens with zero attached hydrogens (tertiary/aromatic N) is 2. The molecule has 3 rings (SSSR count). The van der Waals surface area contributed by atoms with Gasteiger partial charge in [0.15, 0.2) is 16.6 Å². The van der Waals surface area contributed by atoms with E-state index in [0.29, 0.717) is 33.7 Å². The maximum absolute atomic E-state index is 12.6.